The lowest BCUT2D eigenvalue weighted by molar-refractivity contribution is -0.167. The van der Waals surface area contributed by atoms with E-state index in [1.807, 2.05) is 0 Å². The molecule has 68 heavy (non-hydrogen) atoms. The number of carbonyl (C=O) groups is 3. The van der Waals surface area contributed by atoms with Gasteiger partial charge in [0.15, 0.2) is 6.10 Å². The molecular weight excluding hydrogens is 841 g/mol. The molecule has 0 aliphatic rings. The standard InChI is InChI=1S/C62H118O6/c1-4-7-10-13-16-19-22-25-27-29-30-31-32-34-36-38-41-44-47-50-53-56-62(65)68-59(57-66-60(63)54-51-48-45-42-39-24-21-18-15-12-9-6-3)58-67-61(64)55-52-49-46-43-40-37-35-33-28-26-23-20-17-14-11-8-5-2/h26,28,59H,4-25,27,29-58H2,1-3H3/b28-26-/t59-/m0/s1. The van der Waals surface area contributed by atoms with Crippen LogP contribution in [0.3, 0.4) is 0 Å². The highest BCUT2D eigenvalue weighted by molar-refractivity contribution is 5.71. The molecule has 0 aliphatic carbocycles. The molecule has 0 saturated carbocycles. The first-order valence-corrected chi connectivity index (χ1v) is 30.7. The van der Waals surface area contributed by atoms with Gasteiger partial charge in [0.2, 0.25) is 0 Å². The van der Waals surface area contributed by atoms with Gasteiger partial charge in [0.25, 0.3) is 0 Å². The second kappa shape index (κ2) is 57.7. The molecule has 0 aromatic heterocycles. The monoisotopic (exact) mass is 959 g/mol. The molecule has 0 rings (SSSR count). The number of hydrogen-bond acceptors (Lipinski definition) is 6. The predicted octanol–water partition coefficient (Wildman–Crippen LogP) is 20.5. The zero-order valence-corrected chi connectivity index (χ0v) is 46.2. The molecule has 0 aromatic carbocycles. The molecule has 402 valence electrons. The maximum Gasteiger partial charge on any atom is 0.306 e. The van der Waals surface area contributed by atoms with Crippen LogP contribution in [0, 0.1) is 0 Å². The van der Waals surface area contributed by atoms with Crippen LogP contribution in [0.5, 0.6) is 0 Å². The van der Waals surface area contributed by atoms with E-state index in [1.165, 1.54) is 250 Å². The lowest BCUT2D eigenvalue weighted by Crippen LogP contribution is -2.30. The zero-order chi connectivity index (χ0) is 49.3. The maximum absolute atomic E-state index is 12.9. The van der Waals surface area contributed by atoms with Gasteiger partial charge in [-0.25, -0.2) is 0 Å². The first-order valence-electron chi connectivity index (χ1n) is 30.7. The number of esters is 3. The summed E-state index contributed by atoms with van der Waals surface area (Å²) in [6.45, 7) is 6.69. The Kier molecular flexibility index (Phi) is 56.2. The molecule has 0 saturated heterocycles. The van der Waals surface area contributed by atoms with Crippen LogP contribution in [-0.4, -0.2) is 37.2 Å². The van der Waals surface area contributed by atoms with Crippen LogP contribution >= 0.6 is 0 Å². The quantitative estimate of drug-likeness (QED) is 0.0262. The maximum atomic E-state index is 12.9. The van der Waals surface area contributed by atoms with Crippen LogP contribution in [0.4, 0.5) is 0 Å². The van der Waals surface area contributed by atoms with Crippen LogP contribution in [0.25, 0.3) is 0 Å². The third-order valence-corrected chi connectivity index (χ3v) is 14.0. The number of unbranched alkanes of at least 4 members (excludes halogenated alkanes) is 44. The Bertz CT molecular complexity index is 1060. The van der Waals surface area contributed by atoms with E-state index in [-0.39, 0.29) is 31.1 Å². The molecule has 0 bridgehead atoms. The van der Waals surface area contributed by atoms with Crippen LogP contribution in [0.15, 0.2) is 12.2 Å². The summed E-state index contributed by atoms with van der Waals surface area (Å²) in [4.78, 5) is 38.2. The Morgan fingerprint density at radius 1 is 0.279 bits per heavy atom. The first kappa shape index (κ1) is 66.2. The van der Waals surface area contributed by atoms with Gasteiger partial charge in [0.05, 0.1) is 0 Å². The number of hydrogen-bond donors (Lipinski definition) is 0. The van der Waals surface area contributed by atoms with Crippen molar-refractivity contribution < 1.29 is 28.6 Å². The van der Waals surface area contributed by atoms with Crippen molar-refractivity contribution in [1.29, 1.82) is 0 Å². The topological polar surface area (TPSA) is 78.9 Å². The molecule has 0 heterocycles. The van der Waals surface area contributed by atoms with Crippen molar-refractivity contribution in [3.05, 3.63) is 12.2 Å². The summed E-state index contributed by atoms with van der Waals surface area (Å²) in [5, 5.41) is 0. The highest BCUT2D eigenvalue weighted by Gasteiger charge is 2.19. The van der Waals surface area contributed by atoms with Gasteiger partial charge < -0.3 is 14.2 Å². The van der Waals surface area contributed by atoms with E-state index in [9.17, 15) is 14.4 Å². The molecule has 0 aromatic rings. The van der Waals surface area contributed by atoms with E-state index in [0.29, 0.717) is 19.3 Å². The first-order chi connectivity index (χ1) is 33.5. The van der Waals surface area contributed by atoms with Gasteiger partial charge >= 0.3 is 17.9 Å². The lowest BCUT2D eigenvalue weighted by Gasteiger charge is -2.18. The Morgan fingerprint density at radius 2 is 0.485 bits per heavy atom. The Morgan fingerprint density at radius 3 is 0.735 bits per heavy atom. The van der Waals surface area contributed by atoms with Crippen molar-refractivity contribution in [3.8, 4) is 0 Å². The van der Waals surface area contributed by atoms with Gasteiger partial charge in [-0.15, -0.1) is 0 Å². The summed E-state index contributed by atoms with van der Waals surface area (Å²) >= 11 is 0. The summed E-state index contributed by atoms with van der Waals surface area (Å²) in [6.07, 6.45) is 66.4. The highest BCUT2D eigenvalue weighted by Crippen LogP contribution is 2.18. The third-order valence-electron chi connectivity index (χ3n) is 14.0. The molecule has 6 heteroatoms. The number of ether oxygens (including phenoxy) is 3. The number of rotatable bonds is 57. The van der Waals surface area contributed by atoms with Crippen molar-refractivity contribution in [2.24, 2.45) is 0 Å². The molecule has 1 atom stereocenters. The molecule has 6 nitrogen and oxygen atoms in total. The number of allylic oxidation sites excluding steroid dienone is 2. The van der Waals surface area contributed by atoms with Gasteiger partial charge in [-0.1, -0.05) is 296 Å². The fourth-order valence-corrected chi connectivity index (χ4v) is 9.38. The lowest BCUT2D eigenvalue weighted by atomic mass is 10.0. The molecule has 0 fully saturated rings. The Labute approximate surface area is 424 Å². The average Bonchev–Trinajstić information content (AvgIpc) is 3.34. The zero-order valence-electron chi connectivity index (χ0n) is 46.2. The van der Waals surface area contributed by atoms with Crippen LogP contribution in [0.1, 0.15) is 348 Å². The van der Waals surface area contributed by atoms with E-state index in [0.717, 1.165) is 57.8 Å². The average molecular weight is 960 g/mol. The fraction of sp³-hybridized carbons (Fsp3) is 0.919. The Balaban J connectivity index is 4.26. The largest absolute Gasteiger partial charge is 0.462 e. The van der Waals surface area contributed by atoms with Crippen molar-refractivity contribution in [1.82, 2.24) is 0 Å². The minimum atomic E-state index is -0.766. The van der Waals surface area contributed by atoms with Gasteiger partial charge in [-0.3, -0.25) is 14.4 Å². The van der Waals surface area contributed by atoms with E-state index < -0.39 is 6.10 Å². The summed E-state index contributed by atoms with van der Waals surface area (Å²) in [6, 6.07) is 0. The molecule has 0 unspecified atom stereocenters. The summed E-state index contributed by atoms with van der Waals surface area (Å²) in [5.74, 6) is -0.843. The van der Waals surface area contributed by atoms with E-state index in [1.54, 1.807) is 0 Å². The SMILES string of the molecule is CCCCCCCC/C=C\CCCCCCCCCC(=O)OC[C@H](COC(=O)CCCCCCCCCCCCCC)OC(=O)CCCCCCCCCCCCCCCCCCCCCCC. The summed E-state index contributed by atoms with van der Waals surface area (Å²) < 4.78 is 16.9. The highest BCUT2D eigenvalue weighted by atomic mass is 16.6. The minimum absolute atomic E-state index is 0.0651. The third kappa shape index (κ3) is 55.1. The van der Waals surface area contributed by atoms with Gasteiger partial charge in [0.1, 0.15) is 13.2 Å². The van der Waals surface area contributed by atoms with Gasteiger partial charge in [-0.05, 0) is 44.9 Å². The van der Waals surface area contributed by atoms with Gasteiger partial charge in [-0.2, -0.15) is 0 Å². The molecule has 0 aliphatic heterocycles. The summed E-state index contributed by atoms with van der Waals surface area (Å²) in [5.41, 5.74) is 0. The fourth-order valence-electron chi connectivity index (χ4n) is 9.38. The van der Waals surface area contributed by atoms with Crippen molar-refractivity contribution in [2.75, 3.05) is 13.2 Å². The second-order valence-electron chi connectivity index (χ2n) is 21.0. The molecule has 0 spiro atoms. The van der Waals surface area contributed by atoms with E-state index in [4.69, 9.17) is 14.2 Å². The molecule has 0 amide bonds. The van der Waals surface area contributed by atoms with Crippen molar-refractivity contribution in [3.63, 3.8) is 0 Å². The number of carbonyl (C=O) groups excluding carboxylic acids is 3. The predicted molar refractivity (Wildman–Crippen MR) is 293 cm³/mol. The van der Waals surface area contributed by atoms with Gasteiger partial charge in [0, 0.05) is 19.3 Å². The normalized spacial score (nSPS) is 12.0. The van der Waals surface area contributed by atoms with Crippen LogP contribution in [-0.2, 0) is 28.6 Å². The second-order valence-corrected chi connectivity index (χ2v) is 21.0. The van der Waals surface area contributed by atoms with Crippen molar-refractivity contribution >= 4 is 17.9 Å². The molecule has 0 radical (unpaired) electrons. The molecule has 0 N–H and O–H groups in total. The van der Waals surface area contributed by atoms with Crippen molar-refractivity contribution in [2.45, 2.75) is 354 Å². The molecular formula is C62H118O6. The minimum Gasteiger partial charge on any atom is -0.462 e. The van der Waals surface area contributed by atoms with E-state index >= 15 is 0 Å². The van der Waals surface area contributed by atoms with Crippen LogP contribution in [0.2, 0.25) is 0 Å². The smallest absolute Gasteiger partial charge is 0.306 e. The van der Waals surface area contributed by atoms with Crippen LogP contribution < -0.4 is 0 Å². The summed E-state index contributed by atoms with van der Waals surface area (Å²) in [7, 11) is 0. The Hall–Kier alpha value is -1.85. The van der Waals surface area contributed by atoms with E-state index in [2.05, 4.69) is 32.9 Å².